The Balaban J connectivity index is 1.49. The van der Waals surface area contributed by atoms with E-state index in [1.54, 1.807) is 12.1 Å². The zero-order valence-corrected chi connectivity index (χ0v) is 17.9. The molecule has 0 atom stereocenters. The highest BCUT2D eigenvalue weighted by Crippen LogP contribution is 2.37. The lowest BCUT2D eigenvalue weighted by molar-refractivity contribution is 0.0130. The maximum Gasteiger partial charge on any atom is 0.200 e. The van der Waals surface area contributed by atoms with Crippen molar-refractivity contribution in [1.82, 2.24) is 0 Å². The molecule has 2 aromatic rings. The third-order valence-corrected chi connectivity index (χ3v) is 6.06. The minimum absolute atomic E-state index is 0.0231. The third-order valence-electron chi connectivity index (χ3n) is 6.06. The smallest absolute Gasteiger partial charge is 0.200 e. The second-order valence-corrected chi connectivity index (χ2v) is 8.15. The number of methoxy groups -OCH3 is 1. The Hall–Kier alpha value is -2.01. The Kier molecular flexibility index (Phi) is 8.20. The largest absolute Gasteiger partial charge is 0.494 e. The van der Waals surface area contributed by atoms with Gasteiger partial charge in [-0.1, -0.05) is 38.0 Å². The predicted molar refractivity (Wildman–Crippen MR) is 112 cm³/mol. The van der Waals surface area contributed by atoms with E-state index in [1.807, 2.05) is 12.1 Å². The van der Waals surface area contributed by atoms with E-state index in [0.29, 0.717) is 12.2 Å². The molecule has 1 aliphatic carbocycles. The number of ether oxygens (including phenoxy) is 2. The molecule has 0 aromatic heterocycles. The molecule has 0 bridgehead atoms. The molecule has 0 N–H and O–H groups in total. The first kappa shape index (κ1) is 22.7. The van der Waals surface area contributed by atoms with Gasteiger partial charge in [0.15, 0.2) is 11.6 Å². The molecule has 2 nitrogen and oxygen atoms in total. The first-order valence-electron chi connectivity index (χ1n) is 10.9. The molecule has 3 rings (SSSR count). The summed E-state index contributed by atoms with van der Waals surface area (Å²) in [7, 11) is 1.33. The van der Waals surface area contributed by atoms with E-state index in [-0.39, 0.29) is 23.6 Å². The molecular formula is C25H31F3O2. The van der Waals surface area contributed by atoms with Gasteiger partial charge in [-0.05, 0) is 73.3 Å². The second-order valence-electron chi connectivity index (χ2n) is 8.15. The monoisotopic (exact) mass is 420 g/mol. The summed E-state index contributed by atoms with van der Waals surface area (Å²) in [6, 6.07) is 8.47. The molecule has 164 valence electrons. The van der Waals surface area contributed by atoms with E-state index in [0.717, 1.165) is 62.5 Å². The summed E-state index contributed by atoms with van der Waals surface area (Å²) < 4.78 is 53.4. The number of aryl methyl sites for hydroxylation is 1. The van der Waals surface area contributed by atoms with Gasteiger partial charge in [-0.3, -0.25) is 0 Å². The summed E-state index contributed by atoms with van der Waals surface area (Å²) >= 11 is 0. The van der Waals surface area contributed by atoms with Crippen LogP contribution < -0.4 is 4.74 Å². The van der Waals surface area contributed by atoms with Crippen LogP contribution in [0, 0.1) is 17.5 Å². The van der Waals surface area contributed by atoms with Crippen molar-refractivity contribution in [3.05, 3.63) is 64.5 Å². The summed E-state index contributed by atoms with van der Waals surface area (Å²) in [5, 5.41) is 0. The fraction of sp³-hybridized carbons (Fsp3) is 0.520. The topological polar surface area (TPSA) is 18.5 Å². The lowest BCUT2D eigenvalue weighted by atomic mass is 9.82. The van der Waals surface area contributed by atoms with E-state index in [2.05, 4.69) is 6.92 Å². The molecule has 0 spiro atoms. The van der Waals surface area contributed by atoms with Crippen LogP contribution in [-0.2, 0) is 17.8 Å². The number of halogens is 3. The van der Waals surface area contributed by atoms with Gasteiger partial charge in [-0.25, -0.2) is 8.78 Å². The maximum atomic E-state index is 14.3. The van der Waals surface area contributed by atoms with E-state index in [4.69, 9.17) is 9.47 Å². The molecule has 5 heteroatoms. The molecule has 2 aromatic carbocycles. The summed E-state index contributed by atoms with van der Waals surface area (Å²) in [6.07, 6.45) is 7.08. The highest BCUT2D eigenvalue weighted by molar-refractivity contribution is 5.33. The van der Waals surface area contributed by atoms with E-state index in [1.165, 1.54) is 13.2 Å². The number of benzene rings is 2. The van der Waals surface area contributed by atoms with Gasteiger partial charge in [0.2, 0.25) is 5.82 Å². The van der Waals surface area contributed by atoms with Gasteiger partial charge >= 0.3 is 0 Å². The quantitative estimate of drug-likeness (QED) is 0.403. The molecule has 1 aliphatic rings. The highest BCUT2D eigenvalue weighted by Gasteiger charge is 2.27. The fourth-order valence-corrected chi connectivity index (χ4v) is 4.22. The Morgan fingerprint density at radius 3 is 2.37 bits per heavy atom. The van der Waals surface area contributed by atoms with E-state index >= 15 is 0 Å². The van der Waals surface area contributed by atoms with Crippen LogP contribution in [0.1, 0.15) is 74.5 Å². The summed E-state index contributed by atoms with van der Waals surface area (Å²) in [4.78, 5) is 0. The molecular weight excluding hydrogens is 389 g/mol. The summed E-state index contributed by atoms with van der Waals surface area (Å²) in [6.45, 7) is 2.50. The summed E-state index contributed by atoms with van der Waals surface area (Å²) in [5.74, 6) is -1.99. The van der Waals surface area contributed by atoms with Crippen LogP contribution in [0.3, 0.4) is 0 Å². The van der Waals surface area contributed by atoms with Crippen LogP contribution in [0.25, 0.3) is 0 Å². The van der Waals surface area contributed by atoms with E-state index < -0.39 is 11.6 Å². The lowest BCUT2D eigenvalue weighted by Crippen LogP contribution is -2.21. The van der Waals surface area contributed by atoms with Crippen LogP contribution >= 0.6 is 0 Å². The molecule has 0 unspecified atom stereocenters. The fourth-order valence-electron chi connectivity index (χ4n) is 4.22. The lowest BCUT2D eigenvalue weighted by Gasteiger charge is -2.29. The van der Waals surface area contributed by atoms with Gasteiger partial charge < -0.3 is 9.47 Å². The standard InChI is InChI=1S/C25H31F3O2/c1-3-4-5-6-19-8-7-17(15-22(19)26)16-30-20-11-9-18(10-12-20)21-13-14-23(29-2)25(28)24(21)27/h7-8,13-15,18,20H,3-6,9-12,16H2,1-2H3. The van der Waals surface area contributed by atoms with Gasteiger partial charge in [0, 0.05) is 0 Å². The minimum atomic E-state index is -0.923. The minimum Gasteiger partial charge on any atom is -0.494 e. The molecule has 1 fully saturated rings. The molecule has 0 amide bonds. The van der Waals surface area contributed by atoms with Crippen molar-refractivity contribution >= 4 is 0 Å². The molecule has 30 heavy (non-hydrogen) atoms. The van der Waals surface area contributed by atoms with Crippen LogP contribution in [0.2, 0.25) is 0 Å². The normalized spacial score (nSPS) is 19.1. The van der Waals surface area contributed by atoms with Crippen molar-refractivity contribution in [2.24, 2.45) is 0 Å². The van der Waals surface area contributed by atoms with Gasteiger partial charge in [-0.15, -0.1) is 0 Å². The molecule has 0 radical (unpaired) electrons. The Morgan fingerprint density at radius 2 is 1.70 bits per heavy atom. The van der Waals surface area contributed by atoms with Gasteiger partial charge in [0.25, 0.3) is 0 Å². The second kappa shape index (κ2) is 10.9. The van der Waals surface area contributed by atoms with Crippen molar-refractivity contribution in [1.29, 1.82) is 0 Å². The van der Waals surface area contributed by atoms with E-state index in [9.17, 15) is 13.2 Å². The average molecular weight is 421 g/mol. The van der Waals surface area contributed by atoms with Crippen LogP contribution in [0.15, 0.2) is 30.3 Å². The molecule has 0 heterocycles. The Labute approximate surface area is 177 Å². The van der Waals surface area contributed by atoms with Crippen LogP contribution in [0.5, 0.6) is 5.75 Å². The van der Waals surface area contributed by atoms with Crippen molar-refractivity contribution in [3.63, 3.8) is 0 Å². The third kappa shape index (κ3) is 5.57. The van der Waals surface area contributed by atoms with Crippen molar-refractivity contribution in [3.8, 4) is 5.75 Å². The zero-order chi connectivity index (χ0) is 21.5. The molecule has 0 saturated heterocycles. The van der Waals surface area contributed by atoms with Gasteiger partial charge in [0.05, 0.1) is 19.8 Å². The Bertz CT molecular complexity index is 829. The highest BCUT2D eigenvalue weighted by atomic mass is 19.2. The van der Waals surface area contributed by atoms with Crippen molar-refractivity contribution in [2.45, 2.75) is 76.9 Å². The molecule has 1 saturated carbocycles. The first-order valence-corrected chi connectivity index (χ1v) is 10.9. The Morgan fingerprint density at radius 1 is 0.933 bits per heavy atom. The average Bonchev–Trinajstić information content (AvgIpc) is 2.76. The number of unbranched alkanes of at least 4 members (excludes halogenated alkanes) is 2. The number of hydrogen-bond acceptors (Lipinski definition) is 2. The molecule has 0 aliphatic heterocycles. The van der Waals surface area contributed by atoms with Crippen LogP contribution in [0.4, 0.5) is 13.2 Å². The predicted octanol–water partition coefficient (Wildman–Crippen LogP) is 7.09. The van der Waals surface area contributed by atoms with Gasteiger partial charge in [0.1, 0.15) is 5.82 Å². The summed E-state index contributed by atoms with van der Waals surface area (Å²) in [5.41, 5.74) is 2.01. The van der Waals surface area contributed by atoms with Crippen molar-refractivity contribution < 1.29 is 22.6 Å². The first-order chi connectivity index (χ1) is 14.5. The van der Waals surface area contributed by atoms with Gasteiger partial charge in [-0.2, -0.15) is 4.39 Å². The number of hydrogen-bond donors (Lipinski definition) is 0. The number of rotatable bonds is 9. The van der Waals surface area contributed by atoms with Crippen LogP contribution in [-0.4, -0.2) is 13.2 Å². The zero-order valence-electron chi connectivity index (χ0n) is 17.9. The van der Waals surface area contributed by atoms with Crippen molar-refractivity contribution in [2.75, 3.05) is 7.11 Å². The SMILES string of the molecule is CCCCCc1ccc(COC2CCC(c3ccc(OC)c(F)c3F)CC2)cc1F. The maximum absolute atomic E-state index is 14.3.